The Balaban J connectivity index is 1.43. The number of fused-ring (bicyclic) bond motifs is 1. The molecule has 29 heavy (non-hydrogen) atoms. The second kappa shape index (κ2) is 7.42. The average Bonchev–Trinajstić information content (AvgIpc) is 3.35. The normalized spacial score (nSPS) is 30.0. The van der Waals surface area contributed by atoms with Crippen LogP contribution in [0, 0.1) is 11.3 Å². The van der Waals surface area contributed by atoms with Gasteiger partial charge in [-0.15, -0.1) is 0 Å². The smallest absolute Gasteiger partial charge is 0.311 e. The van der Waals surface area contributed by atoms with Gasteiger partial charge in [0.15, 0.2) is 0 Å². The molecule has 5 nitrogen and oxygen atoms in total. The number of carbonyl (C=O) groups is 2. The highest BCUT2D eigenvalue weighted by atomic mass is 16.4. The van der Waals surface area contributed by atoms with Gasteiger partial charge in [-0.2, -0.15) is 0 Å². The standard InChI is InChI=1S/C24H34N2O3/c1-23(2,3)18-10-8-17(9-11-18)20-7-5-13-26(20)21(27)15-25-14-19-6-4-12-24(19,16-25)22(28)29/h8-11,19-20H,4-7,12-16H2,1-3H3,(H,28,29)/t19-,20?,24+/m0/s1. The lowest BCUT2D eigenvalue weighted by Gasteiger charge is -2.29. The van der Waals surface area contributed by atoms with Crippen molar-refractivity contribution in [3.05, 3.63) is 35.4 Å². The minimum Gasteiger partial charge on any atom is -0.481 e. The van der Waals surface area contributed by atoms with Crippen molar-refractivity contribution in [1.29, 1.82) is 0 Å². The highest BCUT2D eigenvalue weighted by Gasteiger charge is 2.55. The fraction of sp³-hybridized carbons (Fsp3) is 0.667. The van der Waals surface area contributed by atoms with Gasteiger partial charge >= 0.3 is 5.97 Å². The number of likely N-dealkylation sites (tertiary alicyclic amines) is 2. The van der Waals surface area contributed by atoms with Crippen LogP contribution in [-0.4, -0.2) is 53.0 Å². The van der Waals surface area contributed by atoms with Crippen LogP contribution in [0.3, 0.4) is 0 Å². The number of carboxylic acid groups (broad SMARTS) is 1. The van der Waals surface area contributed by atoms with Gasteiger partial charge in [0.2, 0.25) is 5.91 Å². The summed E-state index contributed by atoms with van der Waals surface area (Å²) >= 11 is 0. The Labute approximate surface area is 174 Å². The summed E-state index contributed by atoms with van der Waals surface area (Å²) in [5.74, 6) is -0.326. The number of hydrogen-bond acceptors (Lipinski definition) is 3. The number of carboxylic acids is 1. The summed E-state index contributed by atoms with van der Waals surface area (Å²) in [6.07, 6.45) is 4.76. The maximum atomic E-state index is 13.1. The van der Waals surface area contributed by atoms with Crippen molar-refractivity contribution in [3.8, 4) is 0 Å². The van der Waals surface area contributed by atoms with Gasteiger partial charge < -0.3 is 10.0 Å². The molecule has 1 aliphatic carbocycles. The van der Waals surface area contributed by atoms with E-state index < -0.39 is 11.4 Å². The summed E-state index contributed by atoms with van der Waals surface area (Å²) in [7, 11) is 0. The van der Waals surface area contributed by atoms with Crippen molar-refractivity contribution in [2.45, 2.75) is 64.3 Å². The Hall–Kier alpha value is -1.88. The van der Waals surface area contributed by atoms with Crippen LogP contribution in [0.15, 0.2) is 24.3 Å². The average molecular weight is 399 g/mol. The van der Waals surface area contributed by atoms with E-state index >= 15 is 0 Å². The second-order valence-electron chi connectivity index (χ2n) is 10.3. The number of aliphatic carboxylic acids is 1. The Morgan fingerprint density at radius 2 is 1.86 bits per heavy atom. The summed E-state index contributed by atoms with van der Waals surface area (Å²) < 4.78 is 0. The van der Waals surface area contributed by atoms with Gasteiger partial charge in [-0.05, 0) is 48.1 Å². The summed E-state index contributed by atoms with van der Waals surface area (Å²) in [6, 6.07) is 8.88. The van der Waals surface area contributed by atoms with E-state index in [0.29, 0.717) is 13.1 Å². The Morgan fingerprint density at radius 1 is 1.14 bits per heavy atom. The molecule has 3 fully saturated rings. The van der Waals surface area contributed by atoms with Crippen molar-refractivity contribution < 1.29 is 14.7 Å². The number of carbonyl (C=O) groups excluding carboxylic acids is 1. The van der Waals surface area contributed by atoms with Crippen molar-refractivity contribution in [2.75, 3.05) is 26.2 Å². The molecule has 0 aromatic heterocycles. The minimum atomic E-state index is -0.673. The molecule has 4 rings (SSSR count). The molecule has 158 valence electrons. The molecule has 2 aliphatic heterocycles. The number of hydrogen-bond donors (Lipinski definition) is 1. The van der Waals surface area contributed by atoms with Gasteiger partial charge in [0.1, 0.15) is 0 Å². The topological polar surface area (TPSA) is 60.9 Å². The molecule has 3 aliphatic rings. The molecule has 1 aromatic carbocycles. The van der Waals surface area contributed by atoms with Crippen LogP contribution in [-0.2, 0) is 15.0 Å². The van der Waals surface area contributed by atoms with Gasteiger partial charge in [-0.3, -0.25) is 14.5 Å². The van der Waals surface area contributed by atoms with Crippen molar-refractivity contribution in [1.82, 2.24) is 9.80 Å². The van der Waals surface area contributed by atoms with Gasteiger partial charge in [0.05, 0.1) is 18.0 Å². The predicted octanol–water partition coefficient (Wildman–Crippen LogP) is 3.83. The van der Waals surface area contributed by atoms with Gasteiger partial charge in [-0.1, -0.05) is 51.5 Å². The molecular formula is C24H34N2O3. The SMILES string of the molecule is CC(C)(C)c1ccc(C2CCCN2C(=O)CN2C[C@@H]3CCC[C@@]3(C(=O)O)C2)cc1. The first kappa shape index (κ1) is 20.4. The van der Waals surface area contributed by atoms with Crippen LogP contribution in [0.4, 0.5) is 0 Å². The van der Waals surface area contributed by atoms with E-state index in [1.807, 2.05) is 4.90 Å². The maximum absolute atomic E-state index is 13.1. The Kier molecular flexibility index (Phi) is 5.22. The van der Waals surface area contributed by atoms with Crippen LogP contribution in [0.1, 0.15) is 70.0 Å². The summed E-state index contributed by atoms with van der Waals surface area (Å²) in [6.45, 7) is 9.05. The first-order chi connectivity index (χ1) is 13.7. The third-order valence-electron chi connectivity index (χ3n) is 7.46. The molecular weight excluding hydrogens is 364 g/mol. The third kappa shape index (κ3) is 3.70. The molecule has 2 saturated heterocycles. The van der Waals surface area contributed by atoms with Gasteiger partial charge in [0, 0.05) is 19.6 Å². The molecule has 2 heterocycles. The van der Waals surface area contributed by atoms with E-state index in [0.717, 1.165) is 45.2 Å². The molecule has 0 radical (unpaired) electrons. The highest BCUT2D eigenvalue weighted by molar-refractivity contribution is 5.80. The minimum absolute atomic E-state index is 0.123. The van der Waals surface area contributed by atoms with E-state index in [4.69, 9.17) is 0 Å². The summed E-state index contributed by atoms with van der Waals surface area (Å²) in [4.78, 5) is 29.2. The van der Waals surface area contributed by atoms with E-state index in [1.165, 1.54) is 11.1 Å². The number of benzene rings is 1. The molecule has 1 N–H and O–H groups in total. The van der Waals surface area contributed by atoms with Crippen LogP contribution in [0.2, 0.25) is 0 Å². The second-order valence-corrected chi connectivity index (χ2v) is 10.3. The summed E-state index contributed by atoms with van der Waals surface area (Å²) in [5, 5.41) is 9.79. The Bertz CT molecular complexity index is 782. The molecule has 0 bridgehead atoms. The quantitative estimate of drug-likeness (QED) is 0.837. The van der Waals surface area contributed by atoms with Crippen molar-refractivity contribution >= 4 is 11.9 Å². The molecule has 3 atom stereocenters. The molecule has 5 heteroatoms. The maximum Gasteiger partial charge on any atom is 0.311 e. The van der Waals surface area contributed by atoms with Gasteiger partial charge in [0.25, 0.3) is 0 Å². The zero-order valence-electron chi connectivity index (χ0n) is 18.0. The predicted molar refractivity (Wildman–Crippen MR) is 113 cm³/mol. The fourth-order valence-electron chi connectivity index (χ4n) is 5.76. The highest BCUT2D eigenvalue weighted by Crippen LogP contribution is 2.49. The van der Waals surface area contributed by atoms with Crippen LogP contribution >= 0.6 is 0 Å². The van der Waals surface area contributed by atoms with Crippen LogP contribution in [0.25, 0.3) is 0 Å². The number of amides is 1. The lowest BCUT2D eigenvalue weighted by Crippen LogP contribution is -2.41. The molecule has 1 aromatic rings. The molecule has 1 saturated carbocycles. The van der Waals surface area contributed by atoms with Gasteiger partial charge in [-0.25, -0.2) is 0 Å². The van der Waals surface area contributed by atoms with E-state index in [-0.39, 0.29) is 23.3 Å². The zero-order valence-corrected chi connectivity index (χ0v) is 18.0. The van der Waals surface area contributed by atoms with E-state index in [2.05, 4.69) is 49.9 Å². The van der Waals surface area contributed by atoms with Crippen LogP contribution in [0.5, 0.6) is 0 Å². The largest absolute Gasteiger partial charge is 0.481 e. The van der Waals surface area contributed by atoms with E-state index in [1.54, 1.807) is 0 Å². The molecule has 1 amide bonds. The lowest BCUT2D eigenvalue weighted by molar-refractivity contribution is -0.149. The number of rotatable bonds is 4. The van der Waals surface area contributed by atoms with Crippen molar-refractivity contribution in [2.24, 2.45) is 11.3 Å². The lowest BCUT2D eigenvalue weighted by atomic mass is 9.81. The first-order valence-electron chi connectivity index (χ1n) is 11.1. The Morgan fingerprint density at radius 3 is 2.48 bits per heavy atom. The molecule has 0 spiro atoms. The van der Waals surface area contributed by atoms with E-state index in [9.17, 15) is 14.7 Å². The third-order valence-corrected chi connectivity index (χ3v) is 7.46. The monoisotopic (exact) mass is 398 g/mol. The summed E-state index contributed by atoms with van der Waals surface area (Å²) in [5.41, 5.74) is 2.02. The fourth-order valence-corrected chi connectivity index (χ4v) is 5.76. The molecule has 1 unspecified atom stereocenters. The first-order valence-corrected chi connectivity index (χ1v) is 11.1. The van der Waals surface area contributed by atoms with Crippen molar-refractivity contribution in [3.63, 3.8) is 0 Å². The zero-order chi connectivity index (χ0) is 20.8. The van der Waals surface area contributed by atoms with Crippen LogP contribution < -0.4 is 0 Å². The number of nitrogens with zero attached hydrogens (tertiary/aromatic N) is 2.